The summed E-state index contributed by atoms with van der Waals surface area (Å²) in [6.45, 7) is 0.667. The van der Waals surface area contributed by atoms with Crippen LogP contribution in [-0.4, -0.2) is 20.5 Å². The highest BCUT2D eigenvalue weighted by Crippen LogP contribution is 2.21. The monoisotopic (exact) mass is 263 g/mol. The minimum Gasteiger partial charge on any atom is -0.358 e. The normalized spacial score (nSPS) is 10.6. The highest BCUT2D eigenvalue weighted by Gasteiger charge is 2.18. The molecule has 0 atom stereocenters. The maximum atomic E-state index is 10.5. The van der Waals surface area contributed by atoms with E-state index in [1.165, 1.54) is 10.9 Å². The second-order valence-corrected chi connectivity index (χ2v) is 4.31. The number of hydrogen-bond donors (Lipinski definition) is 1. The number of aryl methyl sites for hydroxylation is 1. The Morgan fingerprint density at radius 1 is 1.44 bits per heavy atom. The molecule has 0 bridgehead atoms. The molecule has 0 aliphatic heterocycles. The van der Waals surface area contributed by atoms with Gasteiger partial charge in [0.15, 0.2) is 5.02 Å². The zero-order valence-corrected chi connectivity index (χ0v) is 10.5. The van der Waals surface area contributed by atoms with E-state index in [2.05, 4.69) is 17.7 Å². The van der Waals surface area contributed by atoms with Crippen molar-refractivity contribution in [2.24, 2.45) is 0 Å². The second kappa shape index (κ2) is 6.75. The molecule has 7 heteroatoms. The van der Waals surface area contributed by atoms with Gasteiger partial charge in [-0.3, -0.25) is 0 Å². The number of nitro groups is 1. The first-order valence-corrected chi connectivity index (χ1v) is 6.14. The van der Waals surface area contributed by atoms with Crippen LogP contribution in [0.3, 0.4) is 0 Å². The van der Waals surface area contributed by atoms with Crippen molar-refractivity contribution in [3.8, 4) is 0 Å². The summed E-state index contributed by atoms with van der Waals surface area (Å²) in [4.78, 5) is 9.92. The fourth-order valence-corrected chi connectivity index (χ4v) is 1.81. The zero-order chi connectivity index (χ0) is 12.0. The van der Waals surface area contributed by atoms with Crippen LogP contribution in [0.4, 0.5) is 5.82 Å². The fourth-order valence-electron chi connectivity index (χ4n) is 1.36. The van der Waals surface area contributed by atoms with E-state index in [-0.39, 0.29) is 10.8 Å². The van der Waals surface area contributed by atoms with E-state index in [4.69, 9.17) is 11.6 Å². The molecule has 1 heterocycles. The molecule has 0 fully saturated rings. The molecule has 0 unspecified atom stereocenters. The van der Waals surface area contributed by atoms with Crippen molar-refractivity contribution in [3.63, 3.8) is 0 Å². The number of nitrogens with zero attached hydrogens (tertiary/aromatic N) is 3. The number of rotatable bonds is 7. The number of halogens is 1. The highest BCUT2D eigenvalue weighted by atomic mass is 35.5. The summed E-state index contributed by atoms with van der Waals surface area (Å²) in [6.07, 6.45) is 5.75. The first-order valence-electron chi connectivity index (χ1n) is 5.13. The number of thiol groups is 1. The summed E-state index contributed by atoms with van der Waals surface area (Å²) < 4.78 is 1.53. The van der Waals surface area contributed by atoms with Crippen LogP contribution < -0.4 is 0 Å². The fraction of sp³-hybridized carbons (Fsp3) is 0.667. The first kappa shape index (κ1) is 13.3. The Hall–Kier alpha value is -0.750. The maximum absolute atomic E-state index is 10.5. The van der Waals surface area contributed by atoms with Crippen molar-refractivity contribution < 1.29 is 4.92 Å². The molecular formula is C9H14ClN3O2S. The van der Waals surface area contributed by atoms with Crippen LogP contribution in [0, 0.1) is 10.1 Å². The Morgan fingerprint density at radius 2 is 2.12 bits per heavy atom. The van der Waals surface area contributed by atoms with Gasteiger partial charge in [0, 0.05) is 0 Å². The van der Waals surface area contributed by atoms with Crippen LogP contribution in [0.5, 0.6) is 0 Å². The molecule has 0 saturated heterocycles. The molecule has 0 aliphatic rings. The SMILES string of the molecule is O=[N+]([O-])c1nn(CCCCCCS)cc1Cl. The van der Waals surface area contributed by atoms with Gasteiger partial charge in [0.2, 0.25) is 0 Å². The lowest BCUT2D eigenvalue weighted by molar-refractivity contribution is -0.389. The molecule has 0 radical (unpaired) electrons. The molecular weight excluding hydrogens is 250 g/mol. The van der Waals surface area contributed by atoms with Crippen molar-refractivity contribution in [1.82, 2.24) is 9.78 Å². The van der Waals surface area contributed by atoms with Crippen LogP contribution in [0.15, 0.2) is 6.20 Å². The van der Waals surface area contributed by atoms with Gasteiger partial charge in [0.05, 0.1) is 17.8 Å². The van der Waals surface area contributed by atoms with Gasteiger partial charge in [-0.15, -0.1) is 0 Å². The largest absolute Gasteiger partial charge is 0.408 e. The molecule has 0 saturated carbocycles. The van der Waals surface area contributed by atoms with Crippen LogP contribution in [0.25, 0.3) is 0 Å². The summed E-state index contributed by atoms with van der Waals surface area (Å²) in [5.74, 6) is 0.635. The molecule has 0 amide bonds. The average molecular weight is 264 g/mol. The third-order valence-corrected chi connectivity index (χ3v) is 2.75. The van der Waals surface area contributed by atoms with Gasteiger partial charge in [-0.05, 0) is 23.5 Å². The predicted molar refractivity (Wildman–Crippen MR) is 66.2 cm³/mol. The van der Waals surface area contributed by atoms with Crippen LogP contribution in [0.1, 0.15) is 25.7 Å². The van der Waals surface area contributed by atoms with Gasteiger partial charge in [-0.2, -0.15) is 17.3 Å². The minimum absolute atomic E-state index is 0.0976. The van der Waals surface area contributed by atoms with E-state index in [1.807, 2.05) is 0 Å². The van der Waals surface area contributed by atoms with Gasteiger partial charge in [0.1, 0.15) is 0 Å². The number of unbranched alkanes of at least 4 members (excludes halogenated alkanes) is 3. The Kier molecular flexibility index (Phi) is 5.62. The quantitative estimate of drug-likeness (QED) is 0.356. The van der Waals surface area contributed by atoms with E-state index in [0.717, 1.165) is 31.4 Å². The van der Waals surface area contributed by atoms with Crippen LogP contribution in [0.2, 0.25) is 5.02 Å². The molecule has 0 aliphatic carbocycles. The molecule has 90 valence electrons. The predicted octanol–water partition coefficient (Wildman–Crippen LogP) is 2.93. The first-order chi connectivity index (χ1) is 7.65. The summed E-state index contributed by atoms with van der Waals surface area (Å²) >= 11 is 9.79. The van der Waals surface area contributed by atoms with E-state index in [1.54, 1.807) is 0 Å². The topological polar surface area (TPSA) is 61.0 Å². The molecule has 1 rings (SSSR count). The lowest BCUT2D eigenvalue weighted by atomic mass is 10.2. The van der Waals surface area contributed by atoms with E-state index in [9.17, 15) is 10.1 Å². The van der Waals surface area contributed by atoms with Crippen molar-refractivity contribution in [2.75, 3.05) is 5.75 Å². The number of hydrogen-bond acceptors (Lipinski definition) is 4. The van der Waals surface area contributed by atoms with Crippen molar-refractivity contribution >= 4 is 30.0 Å². The van der Waals surface area contributed by atoms with Gasteiger partial charge >= 0.3 is 5.82 Å². The van der Waals surface area contributed by atoms with Crippen molar-refractivity contribution in [3.05, 3.63) is 21.3 Å². The Balaban J connectivity index is 2.37. The van der Waals surface area contributed by atoms with E-state index < -0.39 is 4.92 Å². The minimum atomic E-state index is -0.570. The van der Waals surface area contributed by atoms with Crippen molar-refractivity contribution in [2.45, 2.75) is 32.2 Å². The summed E-state index contributed by atoms with van der Waals surface area (Å²) in [5.41, 5.74) is 0. The third-order valence-electron chi connectivity index (χ3n) is 2.17. The average Bonchev–Trinajstić information content (AvgIpc) is 2.59. The van der Waals surface area contributed by atoms with Gasteiger partial charge in [0.25, 0.3) is 0 Å². The summed E-state index contributed by atoms with van der Waals surface area (Å²) in [7, 11) is 0. The van der Waals surface area contributed by atoms with Gasteiger partial charge in [-0.1, -0.05) is 24.4 Å². The molecule has 0 spiro atoms. The molecule has 1 aromatic heterocycles. The lowest BCUT2D eigenvalue weighted by Crippen LogP contribution is -1.99. The second-order valence-electron chi connectivity index (χ2n) is 3.46. The maximum Gasteiger partial charge on any atom is 0.408 e. The lowest BCUT2D eigenvalue weighted by Gasteiger charge is -1.97. The Morgan fingerprint density at radius 3 is 2.69 bits per heavy atom. The van der Waals surface area contributed by atoms with Gasteiger partial charge < -0.3 is 10.1 Å². The zero-order valence-electron chi connectivity index (χ0n) is 8.80. The Labute approximate surface area is 104 Å². The number of aromatic nitrogens is 2. The molecule has 0 N–H and O–H groups in total. The third kappa shape index (κ3) is 4.02. The molecule has 5 nitrogen and oxygen atoms in total. The van der Waals surface area contributed by atoms with Crippen LogP contribution in [-0.2, 0) is 6.54 Å². The van der Waals surface area contributed by atoms with Crippen LogP contribution >= 0.6 is 24.2 Å². The summed E-state index contributed by atoms with van der Waals surface area (Å²) in [6, 6.07) is 0. The van der Waals surface area contributed by atoms with E-state index in [0.29, 0.717) is 6.54 Å². The molecule has 1 aromatic rings. The van der Waals surface area contributed by atoms with E-state index >= 15 is 0 Å². The standard InChI is InChI=1S/C9H14ClN3O2S/c10-8-7-12(11-9(8)13(14)15)5-3-1-2-4-6-16/h7,16H,1-6H2. The highest BCUT2D eigenvalue weighted by molar-refractivity contribution is 7.80. The van der Waals surface area contributed by atoms with Gasteiger partial charge in [-0.25, -0.2) is 0 Å². The molecule has 0 aromatic carbocycles. The van der Waals surface area contributed by atoms with Crippen molar-refractivity contribution in [1.29, 1.82) is 0 Å². The Bertz CT molecular complexity index is 357. The smallest absolute Gasteiger partial charge is 0.358 e. The molecule has 16 heavy (non-hydrogen) atoms. The summed E-state index contributed by atoms with van der Waals surface area (Å²) in [5, 5.41) is 14.4.